The molecule has 1 atom stereocenters. The molecule has 4 nitrogen and oxygen atoms in total. The first-order chi connectivity index (χ1) is 10.8. The van der Waals surface area contributed by atoms with Gasteiger partial charge in [0.05, 0.1) is 0 Å². The Labute approximate surface area is 148 Å². The summed E-state index contributed by atoms with van der Waals surface area (Å²) in [5.41, 5.74) is 0.657. The van der Waals surface area contributed by atoms with Crippen molar-refractivity contribution in [3.05, 3.63) is 33.8 Å². The van der Waals surface area contributed by atoms with Crippen LogP contribution in [0.5, 0.6) is 0 Å². The molecular weight excluding hydrogens is 335 g/mol. The number of benzene rings is 1. The Morgan fingerprint density at radius 3 is 2.22 bits per heavy atom. The largest absolute Gasteiger partial charge is 0.352 e. The normalized spacial score (nSPS) is 12.1. The third-order valence-corrected chi connectivity index (χ3v) is 4.16. The SMILES string of the molecule is CCCC(=O)N(Cc1c(Cl)cccc1Cl)[C@@H](C)C(=O)NC(C)C. The minimum atomic E-state index is -0.594. The summed E-state index contributed by atoms with van der Waals surface area (Å²) in [4.78, 5) is 26.3. The smallest absolute Gasteiger partial charge is 0.242 e. The van der Waals surface area contributed by atoms with Gasteiger partial charge in [0.2, 0.25) is 11.8 Å². The molecule has 0 unspecified atom stereocenters. The highest BCUT2D eigenvalue weighted by Crippen LogP contribution is 2.26. The average molecular weight is 359 g/mol. The van der Waals surface area contributed by atoms with Gasteiger partial charge in [-0.1, -0.05) is 36.2 Å². The number of rotatable bonds is 7. The van der Waals surface area contributed by atoms with Crippen LogP contribution < -0.4 is 5.32 Å². The maximum Gasteiger partial charge on any atom is 0.242 e. The van der Waals surface area contributed by atoms with E-state index in [1.54, 1.807) is 25.1 Å². The lowest BCUT2D eigenvalue weighted by molar-refractivity contribution is -0.140. The predicted molar refractivity (Wildman–Crippen MR) is 94.7 cm³/mol. The van der Waals surface area contributed by atoms with Gasteiger partial charge in [-0.25, -0.2) is 0 Å². The van der Waals surface area contributed by atoms with Gasteiger partial charge in [-0.05, 0) is 39.3 Å². The number of carbonyl (C=O) groups is 2. The van der Waals surface area contributed by atoms with E-state index in [1.807, 2.05) is 20.8 Å². The molecule has 0 bridgehead atoms. The molecule has 2 amide bonds. The summed E-state index contributed by atoms with van der Waals surface area (Å²) in [5.74, 6) is -0.275. The van der Waals surface area contributed by atoms with Crippen molar-refractivity contribution in [3.8, 4) is 0 Å². The van der Waals surface area contributed by atoms with Crippen LogP contribution in [-0.2, 0) is 16.1 Å². The molecule has 0 heterocycles. The fraction of sp³-hybridized carbons (Fsp3) is 0.529. The maximum atomic E-state index is 12.5. The quantitative estimate of drug-likeness (QED) is 0.799. The molecule has 0 spiro atoms. The number of hydrogen-bond acceptors (Lipinski definition) is 2. The van der Waals surface area contributed by atoms with Crippen LogP contribution >= 0.6 is 23.2 Å². The van der Waals surface area contributed by atoms with Crippen molar-refractivity contribution >= 4 is 35.0 Å². The highest BCUT2D eigenvalue weighted by atomic mass is 35.5. The van der Waals surface area contributed by atoms with Crippen molar-refractivity contribution in [1.82, 2.24) is 10.2 Å². The second-order valence-corrected chi connectivity index (χ2v) is 6.63. The van der Waals surface area contributed by atoms with Crippen LogP contribution in [0.15, 0.2) is 18.2 Å². The van der Waals surface area contributed by atoms with E-state index in [-0.39, 0.29) is 24.4 Å². The summed E-state index contributed by atoms with van der Waals surface area (Å²) in [6.07, 6.45) is 1.09. The molecule has 0 fully saturated rings. The van der Waals surface area contributed by atoms with E-state index in [0.717, 1.165) is 0 Å². The molecule has 0 radical (unpaired) electrons. The maximum absolute atomic E-state index is 12.5. The van der Waals surface area contributed by atoms with Crippen molar-refractivity contribution in [2.75, 3.05) is 0 Å². The number of hydrogen-bond donors (Lipinski definition) is 1. The van der Waals surface area contributed by atoms with Crippen molar-refractivity contribution in [3.63, 3.8) is 0 Å². The average Bonchev–Trinajstić information content (AvgIpc) is 2.45. The summed E-state index contributed by atoms with van der Waals surface area (Å²) >= 11 is 12.4. The molecule has 128 valence electrons. The second-order valence-electron chi connectivity index (χ2n) is 5.81. The summed E-state index contributed by atoms with van der Waals surface area (Å²) < 4.78 is 0. The van der Waals surface area contributed by atoms with Crippen LogP contribution in [0.4, 0.5) is 0 Å². The molecular formula is C17H24Cl2N2O2. The first kappa shape index (κ1) is 19.8. The van der Waals surface area contributed by atoms with Gasteiger partial charge in [0, 0.05) is 34.6 Å². The van der Waals surface area contributed by atoms with Gasteiger partial charge in [0.15, 0.2) is 0 Å². The summed E-state index contributed by atoms with van der Waals surface area (Å²) in [7, 11) is 0. The predicted octanol–water partition coefficient (Wildman–Crippen LogP) is 4.04. The van der Waals surface area contributed by atoms with Crippen molar-refractivity contribution < 1.29 is 9.59 Å². The zero-order chi connectivity index (χ0) is 17.6. The lowest BCUT2D eigenvalue weighted by Crippen LogP contribution is -2.49. The monoisotopic (exact) mass is 358 g/mol. The highest BCUT2D eigenvalue weighted by Gasteiger charge is 2.27. The Morgan fingerprint density at radius 2 is 1.74 bits per heavy atom. The van der Waals surface area contributed by atoms with Crippen molar-refractivity contribution in [2.24, 2.45) is 0 Å². The molecule has 0 aliphatic heterocycles. The van der Waals surface area contributed by atoms with E-state index in [4.69, 9.17) is 23.2 Å². The van der Waals surface area contributed by atoms with Crippen LogP contribution in [0, 0.1) is 0 Å². The molecule has 6 heteroatoms. The lowest BCUT2D eigenvalue weighted by atomic mass is 10.1. The van der Waals surface area contributed by atoms with E-state index < -0.39 is 6.04 Å². The third kappa shape index (κ3) is 5.70. The summed E-state index contributed by atoms with van der Waals surface area (Å²) in [6.45, 7) is 7.62. The second kappa shape index (κ2) is 9.14. The van der Waals surface area contributed by atoms with Crippen LogP contribution in [0.2, 0.25) is 10.0 Å². The molecule has 1 aromatic carbocycles. The molecule has 0 saturated heterocycles. The van der Waals surface area contributed by atoms with Gasteiger partial charge in [-0.15, -0.1) is 0 Å². The molecule has 1 aromatic rings. The Balaban J connectivity index is 3.06. The van der Waals surface area contributed by atoms with Crippen molar-refractivity contribution in [1.29, 1.82) is 0 Å². The lowest BCUT2D eigenvalue weighted by Gasteiger charge is -2.30. The van der Waals surface area contributed by atoms with Crippen LogP contribution in [0.25, 0.3) is 0 Å². The first-order valence-electron chi connectivity index (χ1n) is 7.80. The zero-order valence-corrected chi connectivity index (χ0v) is 15.5. The zero-order valence-electron chi connectivity index (χ0n) is 14.0. The molecule has 23 heavy (non-hydrogen) atoms. The number of carbonyl (C=O) groups excluding carboxylic acids is 2. The number of nitrogens with one attached hydrogen (secondary N) is 1. The van der Waals surface area contributed by atoms with E-state index in [2.05, 4.69) is 5.32 Å². The first-order valence-corrected chi connectivity index (χ1v) is 8.56. The van der Waals surface area contributed by atoms with Gasteiger partial charge in [0.1, 0.15) is 6.04 Å². The Morgan fingerprint density at radius 1 is 1.17 bits per heavy atom. The van der Waals surface area contributed by atoms with E-state index in [9.17, 15) is 9.59 Å². The molecule has 0 aliphatic rings. The molecule has 0 aromatic heterocycles. The summed E-state index contributed by atoms with van der Waals surface area (Å²) in [5, 5.41) is 3.81. The fourth-order valence-electron chi connectivity index (χ4n) is 2.20. The number of amides is 2. The minimum Gasteiger partial charge on any atom is -0.352 e. The standard InChI is InChI=1S/C17H24Cl2N2O2/c1-5-7-16(22)21(12(4)17(23)20-11(2)3)10-13-14(18)8-6-9-15(13)19/h6,8-9,11-12H,5,7,10H2,1-4H3,(H,20,23)/t12-/m0/s1. The molecule has 1 N–H and O–H groups in total. The highest BCUT2D eigenvalue weighted by molar-refractivity contribution is 6.36. The van der Waals surface area contributed by atoms with E-state index in [0.29, 0.717) is 28.5 Å². The fourth-order valence-corrected chi connectivity index (χ4v) is 2.72. The summed E-state index contributed by atoms with van der Waals surface area (Å²) in [6, 6.07) is 4.62. The van der Waals surface area contributed by atoms with Crippen LogP contribution in [0.1, 0.15) is 46.1 Å². The van der Waals surface area contributed by atoms with Gasteiger partial charge < -0.3 is 10.2 Å². The Hall–Kier alpha value is -1.26. The number of halogens is 2. The number of nitrogens with zero attached hydrogens (tertiary/aromatic N) is 1. The van der Waals surface area contributed by atoms with Gasteiger partial charge >= 0.3 is 0 Å². The topological polar surface area (TPSA) is 49.4 Å². The van der Waals surface area contributed by atoms with Gasteiger partial charge in [-0.2, -0.15) is 0 Å². The van der Waals surface area contributed by atoms with Crippen molar-refractivity contribution in [2.45, 2.75) is 59.2 Å². The van der Waals surface area contributed by atoms with Gasteiger partial charge in [0.25, 0.3) is 0 Å². The van der Waals surface area contributed by atoms with Gasteiger partial charge in [-0.3, -0.25) is 9.59 Å². The van der Waals surface area contributed by atoms with Crippen LogP contribution in [-0.4, -0.2) is 28.8 Å². The Kier molecular flexibility index (Phi) is 7.86. The van der Waals surface area contributed by atoms with E-state index in [1.165, 1.54) is 4.90 Å². The minimum absolute atomic E-state index is 0.0111. The third-order valence-electron chi connectivity index (χ3n) is 3.45. The van der Waals surface area contributed by atoms with E-state index >= 15 is 0 Å². The Bertz CT molecular complexity index is 541. The molecule has 1 rings (SSSR count). The molecule has 0 aliphatic carbocycles. The van der Waals surface area contributed by atoms with Crippen LogP contribution in [0.3, 0.4) is 0 Å². The molecule has 0 saturated carbocycles.